The molecule has 9 nitrogen and oxygen atoms in total. The number of urea groups is 1. The third kappa shape index (κ3) is 5.16. The van der Waals surface area contributed by atoms with E-state index in [-0.39, 0.29) is 15.6 Å². The van der Waals surface area contributed by atoms with Crippen LogP contribution in [0.15, 0.2) is 102 Å². The van der Waals surface area contributed by atoms with Gasteiger partial charge < -0.3 is 9.74 Å². The van der Waals surface area contributed by atoms with Crippen molar-refractivity contribution >= 4 is 40.4 Å². The van der Waals surface area contributed by atoms with E-state index in [1.165, 1.54) is 6.08 Å². The Morgan fingerprint density at radius 1 is 1.05 bits per heavy atom. The molecule has 1 N–H and O–H groups in total. The molecule has 0 spiro atoms. The van der Waals surface area contributed by atoms with Crippen LogP contribution in [0.25, 0.3) is 0 Å². The van der Waals surface area contributed by atoms with E-state index in [2.05, 4.69) is 56.9 Å². The van der Waals surface area contributed by atoms with Gasteiger partial charge in [-0.15, -0.1) is 6.58 Å². The van der Waals surface area contributed by atoms with Crippen LogP contribution in [0.2, 0.25) is 5.04 Å². The summed E-state index contributed by atoms with van der Waals surface area (Å²) in [5, 5.41) is 15.8. The molecule has 0 aliphatic carbocycles. The van der Waals surface area contributed by atoms with Crippen LogP contribution < -0.4 is 15.7 Å². The first kappa shape index (κ1) is 31.1. The maximum absolute atomic E-state index is 13.8. The van der Waals surface area contributed by atoms with E-state index in [1.54, 1.807) is 6.92 Å². The van der Waals surface area contributed by atoms with Crippen LogP contribution in [0.3, 0.4) is 0 Å². The molecule has 0 aromatic heterocycles. The molecule has 1 aliphatic heterocycles. The van der Waals surface area contributed by atoms with Crippen molar-refractivity contribution < 1.29 is 22.6 Å². The Morgan fingerprint density at radius 3 is 1.95 bits per heavy atom. The van der Waals surface area contributed by atoms with E-state index in [0.717, 1.165) is 38.9 Å². The zero-order valence-electron chi connectivity index (χ0n) is 24.5. The molecule has 42 heavy (non-hydrogen) atoms. The van der Waals surface area contributed by atoms with E-state index in [1.807, 2.05) is 43.3 Å². The minimum Gasteiger partial charge on any atom is -0.402 e. The van der Waals surface area contributed by atoms with Gasteiger partial charge in [0.2, 0.25) is 0 Å². The molecular formula is C31H37N3O6SSi. The van der Waals surface area contributed by atoms with Gasteiger partial charge in [0.1, 0.15) is 0 Å². The molecule has 0 unspecified atom stereocenters. The zero-order chi connectivity index (χ0) is 30.9. The van der Waals surface area contributed by atoms with Crippen LogP contribution >= 0.6 is 0 Å². The molecule has 2 amide bonds. The summed E-state index contributed by atoms with van der Waals surface area (Å²) in [5.74, 6) is 0. The first-order valence-corrected chi connectivity index (χ1v) is 17.1. The van der Waals surface area contributed by atoms with Crippen molar-refractivity contribution in [1.82, 2.24) is 9.62 Å². The van der Waals surface area contributed by atoms with Crippen LogP contribution in [0, 0.1) is 10.1 Å². The number of hydrogen-bond donors (Lipinski definition) is 1. The second kappa shape index (κ2) is 11.5. The van der Waals surface area contributed by atoms with E-state index in [9.17, 15) is 23.3 Å². The Labute approximate surface area is 248 Å². The number of carbonyl (C=O) groups excluding carboxylic acids is 1. The average molecular weight is 608 g/mol. The number of non-ortho nitro benzene ring substituents is 1. The lowest BCUT2D eigenvalue weighted by Crippen LogP contribution is -2.71. The molecule has 1 aliphatic rings. The van der Waals surface area contributed by atoms with Crippen LogP contribution in [-0.2, 0) is 14.4 Å². The standard InChI is InChI=1S/C31H37N3O6SSi/c1-7-27-31(6,32-29(35)33(27)41(38,39)24-21-19-23(20-22-24)34(36)37)28(8-2)40-42(30(3,4)5,25-15-11-9-12-16-25)26-17-13-10-14-18-26/h7,9-22,27-28H,1,8H2,2-6H3,(H,32,35)/t27-,28-,31+/m1/s1. The Hall–Kier alpha value is -3.80. The molecule has 3 aromatic carbocycles. The molecule has 3 aromatic rings. The summed E-state index contributed by atoms with van der Waals surface area (Å²) in [6, 6.07) is 22.8. The van der Waals surface area contributed by atoms with Gasteiger partial charge >= 0.3 is 6.03 Å². The molecule has 222 valence electrons. The molecule has 4 rings (SSSR count). The SMILES string of the molecule is C=C[C@H]1N(S(=O)(=O)c2ccc([N+](=O)[O-])cc2)C(=O)N[C@]1(C)[C@@H](CC)O[Si](c1ccccc1)(c1ccccc1)C(C)(C)C. The number of nitrogens with one attached hydrogen (secondary N) is 1. The molecule has 1 heterocycles. The summed E-state index contributed by atoms with van der Waals surface area (Å²) in [6.45, 7) is 14.1. The van der Waals surface area contributed by atoms with Gasteiger partial charge in [-0.05, 0) is 40.9 Å². The number of nitrogens with zero attached hydrogens (tertiary/aromatic N) is 2. The van der Waals surface area contributed by atoms with Gasteiger partial charge in [0, 0.05) is 12.1 Å². The smallest absolute Gasteiger partial charge is 0.332 e. The van der Waals surface area contributed by atoms with E-state index in [0.29, 0.717) is 6.42 Å². The minimum absolute atomic E-state index is 0.236. The summed E-state index contributed by atoms with van der Waals surface area (Å²) in [6.07, 6.45) is 1.29. The third-order valence-electron chi connectivity index (χ3n) is 8.05. The van der Waals surface area contributed by atoms with Crippen LogP contribution in [-0.4, -0.2) is 49.7 Å². The fourth-order valence-electron chi connectivity index (χ4n) is 5.99. The lowest BCUT2D eigenvalue weighted by atomic mass is 9.86. The summed E-state index contributed by atoms with van der Waals surface area (Å²) in [7, 11) is -7.48. The topological polar surface area (TPSA) is 119 Å². The van der Waals surface area contributed by atoms with Gasteiger partial charge in [0.15, 0.2) is 0 Å². The number of nitro benzene ring substituents is 1. The van der Waals surface area contributed by atoms with Crippen molar-refractivity contribution in [2.45, 2.75) is 68.7 Å². The lowest BCUT2D eigenvalue weighted by Gasteiger charge is -2.49. The van der Waals surface area contributed by atoms with Crippen molar-refractivity contribution in [3.05, 3.63) is 108 Å². The molecule has 0 bridgehead atoms. The van der Waals surface area contributed by atoms with E-state index < -0.39 is 47.0 Å². The largest absolute Gasteiger partial charge is 0.402 e. The predicted octanol–water partition coefficient (Wildman–Crippen LogP) is 4.98. The van der Waals surface area contributed by atoms with Crippen molar-refractivity contribution in [3.63, 3.8) is 0 Å². The van der Waals surface area contributed by atoms with Gasteiger partial charge in [0.25, 0.3) is 24.0 Å². The summed E-state index contributed by atoms with van der Waals surface area (Å²) < 4.78 is 35.7. The maximum Gasteiger partial charge on any atom is 0.332 e. The molecule has 3 atom stereocenters. The third-order valence-corrected chi connectivity index (χ3v) is 14.9. The molecule has 0 radical (unpaired) electrons. The van der Waals surface area contributed by atoms with Crippen LogP contribution in [0.4, 0.5) is 10.5 Å². The highest BCUT2D eigenvalue weighted by molar-refractivity contribution is 7.89. The maximum atomic E-state index is 13.8. The second-order valence-corrected chi connectivity index (χ2v) is 17.7. The molecule has 11 heteroatoms. The second-order valence-electron chi connectivity index (χ2n) is 11.6. The number of nitro groups is 1. The predicted molar refractivity (Wildman–Crippen MR) is 166 cm³/mol. The Balaban J connectivity index is 1.83. The molecule has 1 fully saturated rings. The van der Waals surface area contributed by atoms with Crippen molar-refractivity contribution in [2.75, 3.05) is 0 Å². The first-order valence-electron chi connectivity index (χ1n) is 13.8. The van der Waals surface area contributed by atoms with Gasteiger partial charge in [-0.25, -0.2) is 17.5 Å². The fourth-order valence-corrected chi connectivity index (χ4v) is 12.4. The fraction of sp³-hybridized carbons (Fsp3) is 0.323. The average Bonchev–Trinajstić information content (AvgIpc) is 3.24. The van der Waals surface area contributed by atoms with Crippen LogP contribution in [0.1, 0.15) is 41.0 Å². The Bertz CT molecular complexity index is 1520. The number of hydrogen-bond acceptors (Lipinski definition) is 6. The Kier molecular flexibility index (Phi) is 8.50. The first-order chi connectivity index (χ1) is 19.7. The summed E-state index contributed by atoms with van der Waals surface area (Å²) in [4.78, 5) is 23.8. The summed E-state index contributed by atoms with van der Waals surface area (Å²) >= 11 is 0. The highest BCUT2D eigenvalue weighted by Gasteiger charge is 2.59. The van der Waals surface area contributed by atoms with Crippen LogP contribution in [0.5, 0.6) is 0 Å². The van der Waals surface area contributed by atoms with Gasteiger partial charge in [-0.1, -0.05) is 94.4 Å². The van der Waals surface area contributed by atoms with Crippen molar-refractivity contribution in [2.24, 2.45) is 0 Å². The van der Waals surface area contributed by atoms with E-state index in [4.69, 9.17) is 4.43 Å². The highest BCUT2D eigenvalue weighted by Crippen LogP contribution is 2.42. The quantitative estimate of drug-likeness (QED) is 0.150. The van der Waals surface area contributed by atoms with Gasteiger partial charge in [0.05, 0.1) is 27.5 Å². The normalized spacial score (nSPS) is 20.2. The number of amides is 2. The number of sulfonamides is 1. The summed E-state index contributed by atoms with van der Waals surface area (Å²) in [5.41, 5.74) is -1.44. The molecule has 1 saturated heterocycles. The number of benzene rings is 3. The van der Waals surface area contributed by atoms with Gasteiger partial charge in [-0.2, -0.15) is 0 Å². The minimum atomic E-state index is -4.40. The van der Waals surface area contributed by atoms with Crippen molar-refractivity contribution in [3.8, 4) is 0 Å². The Morgan fingerprint density at radius 2 is 1.55 bits per heavy atom. The van der Waals surface area contributed by atoms with E-state index >= 15 is 0 Å². The monoisotopic (exact) mass is 607 g/mol. The molecular weight excluding hydrogens is 571 g/mol. The van der Waals surface area contributed by atoms with Crippen molar-refractivity contribution in [1.29, 1.82) is 0 Å². The zero-order valence-corrected chi connectivity index (χ0v) is 26.3. The highest BCUT2D eigenvalue weighted by atomic mass is 32.2. The van der Waals surface area contributed by atoms with Gasteiger partial charge in [-0.3, -0.25) is 10.1 Å². The number of carbonyl (C=O) groups is 1. The molecule has 0 saturated carbocycles. The number of rotatable bonds is 10. The lowest BCUT2D eigenvalue weighted by molar-refractivity contribution is -0.384.